The van der Waals surface area contributed by atoms with Gasteiger partial charge in [0.2, 0.25) is 6.54 Å². The largest absolute Gasteiger partial charge is 0.490 e. The lowest BCUT2D eigenvalue weighted by Gasteiger charge is -2.19. The van der Waals surface area contributed by atoms with Crippen molar-refractivity contribution in [1.29, 1.82) is 0 Å². The number of rotatable bonds is 11. The molecule has 0 spiro atoms. The molecule has 11 heteroatoms. The topological polar surface area (TPSA) is 92.3 Å². The second kappa shape index (κ2) is 12.4. The van der Waals surface area contributed by atoms with Crippen LogP contribution in [-0.4, -0.2) is 32.8 Å². The van der Waals surface area contributed by atoms with E-state index < -0.39 is 5.25 Å². The van der Waals surface area contributed by atoms with E-state index in [2.05, 4.69) is 26.1 Å². The van der Waals surface area contributed by atoms with E-state index in [-0.39, 0.29) is 23.9 Å². The standard InChI is InChI=1S/C27H26BrFN4O4S/c1-4-36-24-14-20(13-22(28)26(24)37-16-19-9-5-6-11-23(19)29)25(15-32(34)35)38-27-31-30-18(3)33(27)21-10-7-8-17(2)12-21/h5-14,25H,4,15-16H2,1-3H3/t25-/m0/s1. The molecule has 1 heterocycles. The summed E-state index contributed by atoms with van der Waals surface area (Å²) in [6.07, 6.45) is 0. The quantitative estimate of drug-likeness (QED) is 0.105. The van der Waals surface area contributed by atoms with Gasteiger partial charge in [0.15, 0.2) is 16.7 Å². The zero-order valence-electron chi connectivity index (χ0n) is 21.1. The maximum absolute atomic E-state index is 14.1. The van der Waals surface area contributed by atoms with Gasteiger partial charge in [-0.1, -0.05) is 42.1 Å². The van der Waals surface area contributed by atoms with Gasteiger partial charge in [-0.05, 0) is 78.2 Å². The SMILES string of the molecule is CCOc1cc([C@H](C[N+](=O)[O-])Sc2nnc(C)n2-c2cccc(C)c2)cc(Br)c1OCc1ccccc1F. The molecule has 0 saturated carbocycles. The highest BCUT2D eigenvalue weighted by molar-refractivity contribution is 9.10. The lowest BCUT2D eigenvalue weighted by molar-refractivity contribution is -0.479. The first-order valence-electron chi connectivity index (χ1n) is 11.9. The molecular formula is C27H26BrFN4O4S. The van der Waals surface area contributed by atoms with Gasteiger partial charge in [-0.3, -0.25) is 14.7 Å². The van der Waals surface area contributed by atoms with E-state index in [0.29, 0.717) is 44.7 Å². The average Bonchev–Trinajstić information content (AvgIpc) is 3.23. The maximum Gasteiger partial charge on any atom is 0.220 e. The van der Waals surface area contributed by atoms with Crippen molar-refractivity contribution in [1.82, 2.24) is 14.8 Å². The fourth-order valence-corrected chi connectivity index (χ4v) is 5.63. The Labute approximate surface area is 232 Å². The van der Waals surface area contributed by atoms with Gasteiger partial charge in [0.25, 0.3) is 0 Å². The Hall–Kier alpha value is -3.44. The molecular weight excluding hydrogens is 575 g/mol. The van der Waals surface area contributed by atoms with Crippen LogP contribution in [0.2, 0.25) is 0 Å². The number of nitro groups is 1. The molecule has 0 aliphatic rings. The minimum atomic E-state index is -0.603. The van der Waals surface area contributed by atoms with E-state index in [0.717, 1.165) is 11.3 Å². The minimum absolute atomic E-state index is 0.00333. The molecule has 0 amide bonds. The predicted molar refractivity (Wildman–Crippen MR) is 147 cm³/mol. The summed E-state index contributed by atoms with van der Waals surface area (Å²) in [6, 6.07) is 17.8. The number of hydrogen-bond acceptors (Lipinski definition) is 7. The van der Waals surface area contributed by atoms with E-state index in [1.807, 2.05) is 49.6 Å². The van der Waals surface area contributed by atoms with Crippen LogP contribution in [0.1, 0.15) is 34.7 Å². The Balaban J connectivity index is 1.68. The zero-order valence-corrected chi connectivity index (χ0v) is 23.5. The smallest absolute Gasteiger partial charge is 0.220 e. The lowest BCUT2D eigenvalue weighted by Crippen LogP contribution is -2.12. The molecule has 0 fully saturated rings. The third-order valence-electron chi connectivity index (χ3n) is 5.65. The molecule has 38 heavy (non-hydrogen) atoms. The van der Waals surface area contributed by atoms with Crippen molar-refractivity contribution in [2.45, 2.75) is 37.8 Å². The molecule has 0 unspecified atom stereocenters. The molecule has 0 aliphatic heterocycles. The predicted octanol–water partition coefficient (Wildman–Crippen LogP) is 6.87. The van der Waals surface area contributed by atoms with Crippen molar-refractivity contribution in [3.8, 4) is 17.2 Å². The second-order valence-corrected chi connectivity index (χ2v) is 10.5. The van der Waals surface area contributed by atoms with Crippen LogP contribution in [0.25, 0.3) is 5.69 Å². The number of aromatic nitrogens is 3. The highest BCUT2D eigenvalue weighted by atomic mass is 79.9. The van der Waals surface area contributed by atoms with Gasteiger partial charge in [-0.15, -0.1) is 10.2 Å². The van der Waals surface area contributed by atoms with Crippen LogP contribution in [0, 0.1) is 29.8 Å². The summed E-state index contributed by atoms with van der Waals surface area (Å²) < 4.78 is 28.3. The van der Waals surface area contributed by atoms with Crippen LogP contribution in [0.5, 0.6) is 11.5 Å². The number of thioether (sulfide) groups is 1. The number of aryl methyl sites for hydroxylation is 2. The number of nitrogens with zero attached hydrogens (tertiary/aromatic N) is 4. The molecule has 0 saturated heterocycles. The van der Waals surface area contributed by atoms with E-state index in [9.17, 15) is 14.5 Å². The first kappa shape index (κ1) is 27.6. The van der Waals surface area contributed by atoms with E-state index in [1.165, 1.54) is 17.8 Å². The van der Waals surface area contributed by atoms with Gasteiger partial charge >= 0.3 is 0 Å². The number of halogens is 2. The lowest BCUT2D eigenvalue weighted by atomic mass is 10.1. The Morgan fingerprint density at radius 1 is 1.11 bits per heavy atom. The van der Waals surface area contributed by atoms with Gasteiger partial charge in [0.1, 0.15) is 23.5 Å². The molecule has 1 aromatic heterocycles. The maximum atomic E-state index is 14.1. The number of benzene rings is 3. The molecule has 1 atom stereocenters. The molecule has 0 N–H and O–H groups in total. The van der Waals surface area contributed by atoms with Crippen LogP contribution < -0.4 is 9.47 Å². The number of ether oxygens (including phenoxy) is 2. The molecule has 4 aromatic rings. The van der Waals surface area contributed by atoms with Gasteiger partial charge in [-0.2, -0.15) is 0 Å². The highest BCUT2D eigenvalue weighted by Gasteiger charge is 2.26. The van der Waals surface area contributed by atoms with Gasteiger partial charge in [0, 0.05) is 16.2 Å². The Bertz CT molecular complexity index is 1450. The summed E-state index contributed by atoms with van der Waals surface area (Å²) in [6.45, 7) is 5.66. The average molecular weight is 601 g/mol. The Kier molecular flexibility index (Phi) is 9.01. The second-order valence-electron chi connectivity index (χ2n) is 8.47. The van der Waals surface area contributed by atoms with Gasteiger partial charge in [0.05, 0.1) is 11.1 Å². The van der Waals surface area contributed by atoms with Crippen LogP contribution in [-0.2, 0) is 6.61 Å². The summed E-state index contributed by atoms with van der Waals surface area (Å²) in [7, 11) is 0. The molecule has 8 nitrogen and oxygen atoms in total. The van der Waals surface area contributed by atoms with Gasteiger partial charge in [-0.25, -0.2) is 4.39 Å². The summed E-state index contributed by atoms with van der Waals surface area (Å²) in [5.41, 5.74) is 3.00. The minimum Gasteiger partial charge on any atom is -0.490 e. The first-order valence-corrected chi connectivity index (χ1v) is 13.5. The normalized spacial score (nSPS) is 11.8. The van der Waals surface area contributed by atoms with Crippen molar-refractivity contribution >= 4 is 27.7 Å². The summed E-state index contributed by atoms with van der Waals surface area (Å²) in [4.78, 5) is 11.3. The summed E-state index contributed by atoms with van der Waals surface area (Å²) in [5.74, 6) is 1.10. The Morgan fingerprint density at radius 2 is 1.89 bits per heavy atom. The van der Waals surface area contributed by atoms with E-state index in [1.54, 1.807) is 30.3 Å². The van der Waals surface area contributed by atoms with Crippen LogP contribution in [0.15, 0.2) is 70.3 Å². The monoisotopic (exact) mass is 600 g/mol. The van der Waals surface area contributed by atoms with Crippen molar-refractivity contribution < 1.29 is 18.8 Å². The molecule has 198 valence electrons. The molecule has 4 rings (SSSR count). The van der Waals surface area contributed by atoms with Crippen molar-refractivity contribution in [3.05, 3.63) is 104 Å². The van der Waals surface area contributed by atoms with Crippen molar-refractivity contribution in [2.75, 3.05) is 13.2 Å². The fraction of sp³-hybridized carbons (Fsp3) is 0.259. The first-order chi connectivity index (χ1) is 18.3. The Morgan fingerprint density at radius 3 is 2.61 bits per heavy atom. The third kappa shape index (κ3) is 6.51. The van der Waals surface area contributed by atoms with Crippen LogP contribution in [0.4, 0.5) is 4.39 Å². The molecule has 0 radical (unpaired) electrons. The summed E-state index contributed by atoms with van der Waals surface area (Å²) in [5, 5.41) is 20.2. The summed E-state index contributed by atoms with van der Waals surface area (Å²) >= 11 is 4.78. The van der Waals surface area contributed by atoms with Crippen molar-refractivity contribution in [3.63, 3.8) is 0 Å². The highest BCUT2D eigenvalue weighted by Crippen LogP contribution is 2.43. The number of hydrogen-bond donors (Lipinski definition) is 0. The van der Waals surface area contributed by atoms with E-state index in [4.69, 9.17) is 9.47 Å². The van der Waals surface area contributed by atoms with Gasteiger partial charge < -0.3 is 9.47 Å². The molecule has 0 aliphatic carbocycles. The van der Waals surface area contributed by atoms with Crippen molar-refractivity contribution in [2.24, 2.45) is 0 Å². The molecule has 3 aromatic carbocycles. The van der Waals surface area contributed by atoms with Crippen LogP contribution in [0.3, 0.4) is 0 Å². The fourth-order valence-electron chi connectivity index (χ4n) is 3.90. The van der Waals surface area contributed by atoms with Crippen LogP contribution >= 0.6 is 27.7 Å². The molecule has 0 bridgehead atoms. The zero-order chi connectivity index (χ0) is 27.2. The van der Waals surface area contributed by atoms with E-state index >= 15 is 0 Å². The third-order valence-corrected chi connectivity index (χ3v) is 7.42.